The fraction of sp³-hybridized carbons (Fsp3) is 0.692. The van der Waals surface area contributed by atoms with Crippen molar-refractivity contribution in [3.05, 3.63) is 11.5 Å². The molecule has 0 aromatic carbocycles. The number of aliphatic carboxylic acids is 1. The highest BCUT2D eigenvalue weighted by Gasteiger charge is 2.35. The fourth-order valence-electron chi connectivity index (χ4n) is 2.82. The Kier molecular flexibility index (Phi) is 6.58. The summed E-state index contributed by atoms with van der Waals surface area (Å²) in [5, 5.41) is 12.9. The summed E-state index contributed by atoms with van der Waals surface area (Å²) in [4.78, 5) is 13.1. The SMILES string of the molecule is CCC(C(=O)O)N1CCN(S(=O)(=O)c2c(C)noc2C)CC1.Cl. The van der Waals surface area contributed by atoms with Crippen molar-refractivity contribution in [3.63, 3.8) is 0 Å². The summed E-state index contributed by atoms with van der Waals surface area (Å²) in [6.07, 6.45) is 0.492. The van der Waals surface area contributed by atoms with Gasteiger partial charge in [-0.15, -0.1) is 12.4 Å². The largest absolute Gasteiger partial charge is 0.480 e. The predicted molar refractivity (Wildman–Crippen MR) is 85.3 cm³/mol. The van der Waals surface area contributed by atoms with E-state index in [1.165, 1.54) is 4.31 Å². The molecule has 0 aliphatic carbocycles. The van der Waals surface area contributed by atoms with Crippen molar-refractivity contribution in [1.29, 1.82) is 0 Å². The van der Waals surface area contributed by atoms with Gasteiger partial charge >= 0.3 is 5.97 Å². The molecular weight excluding hydrogens is 346 g/mol. The second-order valence-electron chi connectivity index (χ2n) is 5.36. The third kappa shape index (κ3) is 3.85. The Morgan fingerprint density at radius 2 is 1.87 bits per heavy atom. The first-order valence-electron chi connectivity index (χ1n) is 7.19. The first-order valence-corrected chi connectivity index (χ1v) is 8.63. The maximum atomic E-state index is 12.7. The molecule has 1 aromatic heterocycles. The lowest BCUT2D eigenvalue weighted by atomic mass is 10.1. The van der Waals surface area contributed by atoms with Gasteiger partial charge in [-0.2, -0.15) is 4.31 Å². The first-order chi connectivity index (χ1) is 10.3. The number of aryl methyl sites for hydroxylation is 2. The molecule has 2 rings (SSSR count). The molecular formula is C13H22ClN3O5S. The highest BCUT2D eigenvalue weighted by Crippen LogP contribution is 2.24. The van der Waals surface area contributed by atoms with Crippen molar-refractivity contribution >= 4 is 28.4 Å². The van der Waals surface area contributed by atoms with Crippen molar-refractivity contribution in [3.8, 4) is 0 Å². The molecule has 0 saturated carbocycles. The van der Waals surface area contributed by atoms with E-state index in [1.54, 1.807) is 13.8 Å². The van der Waals surface area contributed by atoms with Crippen LogP contribution in [0.2, 0.25) is 0 Å². The summed E-state index contributed by atoms with van der Waals surface area (Å²) >= 11 is 0. The number of halogens is 1. The number of carboxylic acids is 1. The summed E-state index contributed by atoms with van der Waals surface area (Å²) in [5.74, 6) is -0.596. The molecule has 1 aliphatic rings. The molecule has 1 unspecified atom stereocenters. The van der Waals surface area contributed by atoms with Crippen LogP contribution in [0.25, 0.3) is 0 Å². The Hall–Kier alpha value is -1.16. The fourth-order valence-corrected chi connectivity index (χ4v) is 4.53. The number of rotatable bonds is 5. The van der Waals surface area contributed by atoms with Crippen LogP contribution < -0.4 is 0 Å². The van der Waals surface area contributed by atoms with Gasteiger partial charge in [0.15, 0.2) is 5.76 Å². The first kappa shape index (κ1) is 19.9. The molecule has 1 fully saturated rings. The summed E-state index contributed by atoms with van der Waals surface area (Å²) in [6, 6.07) is -0.566. The normalized spacial score (nSPS) is 18.4. The third-order valence-electron chi connectivity index (χ3n) is 3.95. The second-order valence-corrected chi connectivity index (χ2v) is 7.23. The van der Waals surface area contributed by atoms with Crippen LogP contribution in [0, 0.1) is 13.8 Å². The minimum Gasteiger partial charge on any atom is -0.480 e. The highest BCUT2D eigenvalue weighted by atomic mass is 35.5. The zero-order valence-corrected chi connectivity index (χ0v) is 15.0. The van der Waals surface area contributed by atoms with Gasteiger partial charge in [0.2, 0.25) is 10.0 Å². The molecule has 1 N–H and O–H groups in total. The van der Waals surface area contributed by atoms with Crippen LogP contribution in [0.1, 0.15) is 24.8 Å². The number of aromatic nitrogens is 1. The minimum absolute atomic E-state index is 0. The van der Waals surface area contributed by atoms with Crippen molar-refractivity contribution < 1.29 is 22.8 Å². The van der Waals surface area contributed by atoms with Crippen molar-refractivity contribution in [2.45, 2.75) is 38.1 Å². The van der Waals surface area contributed by atoms with Crippen LogP contribution in [0.15, 0.2) is 9.42 Å². The molecule has 10 heteroatoms. The molecule has 1 saturated heterocycles. The van der Waals surface area contributed by atoms with Crippen LogP contribution in [0.4, 0.5) is 0 Å². The van der Waals surface area contributed by atoms with Crippen LogP contribution in [0.5, 0.6) is 0 Å². The Morgan fingerprint density at radius 3 is 2.26 bits per heavy atom. The summed E-state index contributed by atoms with van der Waals surface area (Å²) in [7, 11) is -3.65. The average molecular weight is 368 g/mol. The van der Waals surface area contributed by atoms with Crippen molar-refractivity contribution in [2.24, 2.45) is 0 Å². The maximum absolute atomic E-state index is 12.7. The maximum Gasteiger partial charge on any atom is 0.320 e. The molecule has 8 nitrogen and oxygen atoms in total. The van der Waals surface area contributed by atoms with Gasteiger partial charge in [0.1, 0.15) is 16.6 Å². The van der Waals surface area contributed by atoms with E-state index >= 15 is 0 Å². The summed E-state index contributed by atoms with van der Waals surface area (Å²) in [6.45, 7) is 6.29. The molecule has 23 heavy (non-hydrogen) atoms. The number of carboxylic acid groups (broad SMARTS) is 1. The Labute approximate surface area is 141 Å². The van der Waals surface area contributed by atoms with Gasteiger partial charge in [-0.05, 0) is 20.3 Å². The van der Waals surface area contributed by atoms with E-state index in [2.05, 4.69) is 5.16 Å². The van der Waals surface area contributed by atoms with Gasteiger partial charge in [0.05, 0.1) is 0 Å². The molecule has 2 heterocycles. The van der Waals surface area contributed by atoms with Crippen LogP contribution >= 0.6 is 12.4 Å². The highest BCUT2D eigenvalue weighted by molar-refractivity contribution is 7.89. The molecule has 0 bridgehead atoms. The molecule has 132 valence electrons. The van der Waals surface area contributed by atoms with E-state index < -0.39 is 22.0 Å². The number of nitrogens with zero attached hydrogens (tertiary/aromatic N) is 3. The standard InChI is InChI=1S/C13H21N3O5S.ClH/c1-4-11(13(17)18)15-5-7-16(8-6-15)22(19,20)12-9(2)14-21-10(12)3;/h11H,4-8H2,1-3H3,(H,17,18);1H. The third-order valence-corrected chi connectivity index (χ3v) is 6.10. The van der Waals surface area contributed by atoms with Gasteiger partial charge in [-0.25, -0.2) is 8.42 Å². The molecule has 0 amide bonds. The molecule has 1 atom stereocenters. The number of piperazine rings is 1. The number of hydrogen-bond donors (Lipinski definition) is 1. The Bertz CT molecular complexity index is 633. The van der Waals surface area contributed by atoms with Crippen LogP contribution in [-0.2, 0) is 14.8 Å². The quantitative estimate of drug-likeness (QED) is 0.823. The molecule has 1 aliphatic heterocycles. The zero-order chi connectivity index (χ0) is 16.5. The summed E-state index contributed by atoms with van der Waals surface area (Å²) in [5.41, 5.74) is 0.344. The van der Waals surface area contributed by atoms with E-state index in [9.17, 15) is 18.3 Å². The van der Waals surface area contributed by atoms with E-state index in [0.29, 0.717) is 25.2 Å². The molecule has 0 radical (unpaired) electrons. The minimum atomic E-state index is -3.65. The van der Waals surface area contributed by atoms with Gasteiger partial charge < -0.3 is 9.63 Å². The van der Waals surface area contributed by atoms with E-state index in [4.69, 9.17) is 4.52 Å². The van der Waals surface area contributed by atoms with Crippen molar-refractivity contribution in [1.82, 2.24) is 14.4 Å². The van der Waals surface area contributed by atoms with Gasteiger partial charge in [0, 0.05) is 26.2 Å². The molecule has 1 aromatic rings. The smallest absolute Gasteiger partial charge is 0.320 e. The number of hydrogen-bond acceptors (Lipinski definition) is 6. The topological polar surface area (TPSA) is 104 Å². The van der Waals surface area contributed by atoms with Gasteiger partial charge in [-0.3, -0.25) is 9.69 Å². The number of sulfonamides is 1. The lowest BCUT2D eigenvalue weighted by Gasteiger charge is -2.36. The van der Waals surface area contributed by atoms with Crippen LogP contribution in [-0.4, -0.2) is 66.1 Å². The van der Waals surface area contributed by atoms with E-state index in [0.717, 1.165) is 0 Å². The molecule has 0 spiro atoms. The van der Waals surface area contributed by atoms with Gasteiger partial charge in [0.25, 0.3) is 0 Å². The lowest BCUT2D eigenvalue weighted by molar-refractivity contribution is -0.143. The second kappa shape index (κ2) is 7.61. The Morgan fingerprint density at radius 1 is 1.30 bits per heavy atom. The predicted octanol–water partition coefficient (Wildman–Crippen LogP) is 0.883. The lowest BCUT2D eigenvalue weighted by Crippen LogP contribution is -2.53. The van der Waals surface area contributed by atoms with E-state index in [1.807, 2.05) is 11.8 Å². The van der Waals surface area contributed by atoms with E-state index in [-0.39, 0.29) is 36.2 Å². The van der Waals surface area contributed by atoms with Crippen LogP contribution in [0.3, 0.4) is 0 Å². The zero-order valence-electron chi connectivity index (χ0n) is 13.4. The monoisotopic (exact) mass is 367 g/mol. The Balaban J connectivity index is 0.00000264. The van der Waals surface area contributed by atoms with Gasteiger partial charge in [-0.1, -0.05) is 12.1 Å². The van der Waals surface area contributed by atoms with Crippen molar-refractivity contribution in [2.75, 3.05) is 26.2 Å². The number of carbonyl (C=O) groups is 1. The average Bonchev–Trinajstić information content (AvgIpc) is 2.79. The summed E-state index contributed by atoms with van der Waals surface area (Å²) < 4.78 is 31.6.